The first-order valence-electron chi connectivity index (χ1n) is 8.02. The lowest BCUT2D eigenvalue weighted by Gasteiger charge is -2.25. The van der Waals surface area contributed by atoms with Gasteiger partial charge >= 0.3 is 0 Å². The Hall–Kier alpha value is -1.06. The molecule has 0 spiro atoms. The molecule has 110 valence electrons. The fourth-order valence-electron chi connectivity index (χ4n) is 3.47. The van der Waals surface area contributed by atoms with Gasteiger partial charge in [0.05, 0.1) is 0 Å². The zero-order valence-electron chi connectivity index (χ0n) is 12.5. The van der Waals surface area contributed by atoms with E-state index in [1.165, 1.54) is 56.3 Å². The summed E-state index contributed by atoms with van der Waals surface area (Å²) in [6, 6.07) is 7.14. The minimum Gasteiger partial charge on any atom is -0.492 e. The molecule has 0 saturated carbocycles. The normalized spacial score (nSPS) is 22.8. The summed E-state index contributed by atoms with van der Waals surface area (Å²) in [7, 11) is 2.06. The van der Waals surface area contributed by atoms with Gasteiger partial charge in [0.2, 0.25) is 0 Å². The van der Waals surface area contributed by atoms with Crippen molar-refractivity contribution in [2.45, 2.75) is 38.1 Å². The van der Waals surface area contributed by atoms with Crippen LogP contribution in [0.2, 0.25) is 0 Å². The number of likely N-dealkylation sites (tertiary alicyclic amines) is 1. The van der Waals surface area contributed by atoms with Crippen LogP contribution in [0.25, 0.3) is 0 Å². The quantitative estimate of drug-likeness (QED) is 0.893. The molecule has 3 heteroatoms. The highest BCUT2D eigenvalue weighted by atomic mass is 16.5. The van der Waals surface area contributed by atoms with Gasteiger partial charge in [0.25, 0.3) is 0 Å². The van der Waals surface area contributed by atoms with E-state index in [1.54, 1.807) is 0 Å². The van der Waals surface area contributed by atoms with Crippen LogP contribution >= 0.6 is 0 Å². The van der Waals surface area contributed by atoms with Gasteiger partial charge in [-0.15, -0.1) is 0 Å². The van der Waals surface area contributed by atoms with Gasteiger partial charge in [-0.3, -0.25) is 4.90 Å². The van der Waals surface area contributed by atoms with Gasteiger partial charge in [0, 0.05) is 12.6 Å². The van der Waals surface area contributed by atoms with Crippen LogP contribution in [-0.2, 0) is 6.42 Å². The molecule has 0 amide bonds. The van der Waals surface area contributed by atoms with Crippen LogP contribution in [0.4, 0.5) is 0 Å². The molecule has 1 N–H and O–H groups in total. The second kappa shape index (κ2) is 6.59. The van der Waals surface area contributed by atoms with Crippen molar-refractivity contribution in [3.8, 4) is 5.75 Å². The highest BCUT2D eigenvalue weighted by Gasteiger charge is 2.19. The van der Waals surface area contributed by atoms with E-state index in [4.69, 9.17) is 4.74 Å². The predicted molar refractivity (Wildman–Crippen MR) is 82.3 cm³/mol. The van der Waals surface area contributed by atoms with Crippen LogP contribution in [0.3, 0.4) is 0 Å². The van der Waals surface area contributed by atoms with Crippen molar-refractivity contribution in [1.82, 2.24) is 10.2 Å². The minimum absolute atomic E-state index is 0.501. The van der Waals surface area contributed by atoms with E-state index in [2.05, 4.69) is 35.5 Å². The highest BCUT2D eigenvalue weighted by Crippen LogP contribution is 2.32. The standard InChI is InChI=1S/C17H26N2O/c1-18-17-6-4-5-14-7-8-15(13-16(14)17)20-12-11-19-9-2-3-10-19/h7-8,13,17-18H,2-6,9-12H2,1H3. The molecule has 1 heterocycles. The minimum atomic E-state index is 0.501. The summed E-state index contributed by atoms with van der Waals surface area (Å²) >= 11 is 0. The van der Waals surface area contributed by atoms with Crippen LogP contribution in [0.15, 0.2) is 18.2 Å². The number of nitrogens with one attached hydrogen (secondary N) is 1. The Balaban J connectivity index is 1.59. The Morgan fingerprint density at radius 2 is 2.10 bits per heavy atom. The number of nitrogens with zero attached hydrogens (tertiary/aromatic N) is 1. The molecule has 1 aromatic rings. The molecule has 1 saturated heterocycles. The molecular formula is C17H26N2O. The summed E-state index contributed by atoms with van der Waals surface area (Å²) in [5, 5.41) is 3.42. The zero-order chi connectivity index (χ0) is 13.8. The van der Waals surface area contributed by atoms with E-state index in [0.29, 0.717) is 6.04 Å². The first-order chi connectivity index (χ1) is 9.86. The van der Waals surface area contributed by atoms with E-state index >= 15 is 0 Å². The Kier molecular flexibility index (Phi) is 4.58. The Labute approximate surface area is 122 Å². The Morgan fingerprint density at radius 3 is 2.90 bits per heavy atom. The third-order valence-corrected chi connectivity index (χ3v) is 4.66. The first-order valence-corrected chi connectivity index (χ1v) is 8.02. The molecule has 1 unspecified atom stereocenters. The number of rotatable bonds is 5. The average Bonchev–Trinajstić information content (AvgIpc) is 3.00. The molecule has 3 nitrogen and oxygen atoms in total. The van der Waals surface area contributed by atoms with E-state index in [-0.39, 0.29) is 0 Å². The zero-order valence-corrected chi connectivity index (χ0v) is 12.5. The number of fused-ring (bicyclic) bond motifs is 1. The maximum atomic E-state index is 5.96. The molecule has 0 bridgehead atoms. The van der Waals surface area contributed by atoms with Gasteiger partial charge in [-0.2, -0.15) is 0 Å². The molecular weight excluding hydrogens is 248 g/mol. The molecule has 20 heavy (non-hydrogen) atoms. The lowest BCUT2D eigenvalue weighted by molar-refractivity contribution is 0.237. The molecule has 0 radical (unpaired) electrons. The second-order valence-electron chi connectivity index (χ2n) is 5.99. The summed E-state index contributed by atoms with van der Waals surface area (Å²) in [5.41, 5.74) is 2.93. The number of hydrogen-bond donors (Lipinski definition) is 1. The van der Waals surface area contributed by atoms with Crippen molar-refractivity contribution in [3.05, 3.63) is 29.3 Å². The number of hydrogen-bond acceptors (Lipinski definition) is 3. The van der Waals surface area contributed by atoms with E-state index in [9.17, 15) is 0 Å². The summed E-state index contributed by atoms with van der Waals surface area (Å²) in [6.45, 7) is 4.36. The fraction of sp³-hybridized carbons (Fsp3) is 0.647. The van der Waals surface area contributed by atoms with Crippen molar-refractivity contribution in [2.24, 2.45) is 0 Å². The van der Waals surface area contributed by atoms with Gasteiger partial charge in [0.1, 0.15) is 12.4 Å². The third kappa shape index (κ3) is 3.15. The molecule has 3 rings (SSSR count). The Bertz CT molecular complexity index is 441. The molecule has 1 aliphatic heterocycles. The summed E-state index contributed by atoms with van der Waals surface area (Å²) in [4.78, 5) is 2.49. The van der Waals surface area contributed by atoms with Crippen molar-refractivity contribution < 1.29 is 4.74 Å². The highest BCUT2D eigenvalue weighted by molar-refractivity contribution is 5.39. The topological polar surface area (TPSA) is 24.5 Å². The molecule has 1 fully saturated rings. The number of benzene rings is 1. The predicted octanol–water partition coefficient (Wildman–Crippen LogP) is 2.76. The maximum Gasteiger partial charge on any atom is 0.119 e. The van der Waals surface area contributed by atoms with Gasteiger partial charge in [-0.1, -0.05) is 6.07 Å². The van der Waals surface area contributed by atoms with Crippen molar-refractivity contribution in [1.29, 1.82) is 0 Å². The third-order valence-electron chi connectivity index (χ3n) is 4.66. The van der Waals surface area contributed by atoms with Crippen LogP contribution in [-0.4, -0.2) is 38.2 Å². The molecule has 2 aliphatic rings. The van der Waals surface area contributed by atoms with Crippen LogP contribution in [0.5, 0.6) is 5.75 Å². The first kappa shape index (κ1) is 13.9. The summed E-state index contributed by atoms with van der Waals surface area (Å²) in [6.07, 6.45) is 6.43. The van der Waals surface area contributed by atoms with Gasteiger partial charge in [-0.25, -0.2) is 0 Å². The smallest absolute Gasteiger partial charge is 0.119 e. The lowest BCUT2D eigenvalue weighted by atomic mass is 9.87. The van der Waals surface area contributed by atoms with Gasteiger partial charge in [-0.05, 0) is 75.5 Å². The Morgan fingerprint density at radius 1 is 1.25 bits per heavy atom. The number of ether oxygens (including phenoxy) is 1. The largest absolute Gasteiger partial charge is 0.492 e. The monoisotopic (exact) mass is 274 g/mol. The van der Waals surface area contributed by atoms with E-state index in [1.807, 2.05) is 0 Å². The summed E-state index contributed by atoms with van der Waals surface area (Å²) < 4.78 is 5.96. The average molecular weight is 274 g/mol. The van der Waals surface area contributed by atoms with E-state index < -0.39 is 0 Å². The fourth-order valence-corrected chi connectivity index (χ4v) is 3.47. The van der Waals surface area contributed by atoms with Crippen molar-refractivity contribution >= 4 is 0 Å². The SMILES string of the molecule is CNC1CCCc2ccc(OCCN3CCCC3)cc21. The molecule has 0 aromatic heterocycles. The van der Waals surface area contributed by atoms with Crippen LogP contribution < -0.4 is 10.1 Å². The maximum absolute atomic E-state index is 5.96. The van der Waals surface area contributed by atoms with Crippen molar-refractivity contribution in [2.75, 3.05) is 33.3 Å². The van der Waals surface area contributed by atoms with Crippen LogP contribution in [0.1, 0.15) is 42.9 Å². The van der Waals surface area contributed by atoms with Gasteiger partial charge < -0.3 is 10.1 Å². The molecule has 1 aliphatic carbocycles. The molecule has 1 aromatic carbocycles. The second-order valence-corrected chi connectivity index (χ2v) is 5.99. The molecule has 1 atom stereocenters. The summed E-state index contributed by atoms with van der Waals surface area (Å²) in [5.74, 6) is 1.03. The van der Waals surface area contributed by atoms with Gasteiger partial charge in [0.15, 0.2) is 0 Å². The number of aryl methyl sites for hydroxylation is 1. The van der Waals surface area contributed by atoms with Crippen LogP contribution in [0, 0.1) is 0 Å². The van der Waals surface area contributed by atoms with E-state index in [0.717, 1.165) is 18.9 Å². The van der Waals surface area contributed by atoms with Crippen molar-refractivity contribution in [3.63, 3.8) is 0 Å². The lowest BCUT2D eigenvalue weighted by Crippen LogP contribution is -2.25.